The predicted molar refractivity (Wildman–Crippen MR) is 119 cm³/mol. The number of nitrogens with one attached hydrogen (secondary N) is 1. The summed E-state index contributed by atoms with van der Waals surface area (Å²) in [6.45, 7) is 3.95. The van der Waals surface area contributed by atoms with Crippen LogP contribution in [0.4, 0.5) is 5.69 Å². The summed E-state index contributed by atoms with van der Waals surface area (Å²) in [5.41, 5.74) is 2.86. The zero-order chi connectivity index (χ0) is 19.8. The molecule has 0 bridgehead atoms. The average Bonchev–Trinajstić information content (AvgIpc) is 3.22. The molecule has 2 aromatic heterocycles. The average molecular weight is 409 g/mol. The highest BCUT2D eigenvalue weighted by atomic mass is 32.1. The molecule has 0 aliphatic rings. The Balaban J connectivity index is 1.49. The molecular weight excluding hydrogens is 388 g/mol. The third-order valence-electron chi connectivity index (χ3n) is 4.66. The van der Waals surface area contributed by atoms with E-state index in [1.54, 1.807) is 18.4 Å². The summed E-state index contributed by atoms with van der Waals surface area (Å²) in [4.78, 5) is 27.4. The first kappa shape index (κ1) is 18.7. The van der Waals surface area contributed by atoms with E-state index in [-0.39, 0.29) is 18.4 Å². The van der Waals surface area contributed by atoms with E-state index >= 15 is 0 Å². The fourth-order valence-electron chi connectivity index (χ4n) is 3.14. The Labute approximate surface area is 171 Å². The maximum Gasteiger partial charge on any atom is 0.264 e. The first-order chi connectivity index (χ1) is 13.4. The molecule has 6 heteroatoms. The summed E-state index contributed by atoms with van der Waals surface area (Å²) < 4.78 is 3.48. The van der Waals surface area contributed by atoms with Gasteiger partial charge in [0.15, 0.2) is 0 Å². The standard InChI is InChI=1S/C22H20N2O2S2/c1-13-8-9-14(2)16(10-13)23-20(25)12-24(3)22(26)19-11-18-21(28-19)15-6-4-5-7-17(15)27-18/h4-11H,12H2,1-3H3,(H,23,25). The quantitative estimate of drug-likeness (QED) is 0.489. The summed E-state index contributed by atoms with van der Waals surface area (Å²) in [5.74, 6) is -0.332. The molecule has 4 aromatic rings. The normalized spacial score (nSPS) is 11.1. The van der Waals surface area contributed by atoms with Crippen molar-refractivity contribution in [3.63, 3.8) is 0 Å². The van der Waals surface area contributed by atoms with Crippen molar-refractivity contribution < 1.29 is 9.59 Å². The van der Waals surface area contributed by atoms with Gasteiger partial charge in [0.05, 0.1) is 16.1 Å². The summed E-state index contributed by atoms with van der Waals surface area (Å²) in [7, 11) is 1.66. The smallest absolute Gasteiger partial charge is 0.264 e. The minimum atomic E-state index is -0.201. The Morgan fingerprint density at radius 1 is 1.00 bits per heavy atom. The lowest BCUT2D eigenvalue weighted by molar-refractivity contribution is -0.116. The van der Waals surface area contributed by atoms with Crippen LogP contribution in [0.5, 0.6) is 0 Å². The van der Waals surface area contributed by atoms with Gasteiger partial charge in [-0.2, -0.15) is 0 Å². The minimum Gasteiger partial charge on any atom is -0.332 e. The summed E-state index contributed by atoms with van der Waals surface area (Å²) in [5, 5.41) is 4.09. The highest BCUT2D eigenvalue weighted by Gasteiger charge is 2.19. The Morgan fingerprint density at radius 3 is 2.61 bits per heavy atom. The molecule has 1 N–H and O–H groups in total. The van der Waals surface area contributed by atoms with Gasteiger partial charge in [-0.25, -0.2) is 0 Å². The van der Waals surface area contributed by atoms with Crippen LogP contribution < -0.4 is 5.32 Å². The van der Waals surface area contributed by atoms with E-state index in [9.17, 15) is 9.59 Å². The van der Waals surface area contributed by atoms with Gasteiger partial charge in [-0.05, 0) is 43.2 Å². The van der Waals surface area contributed by atoms with Crippen molar-refractivity contribution in [2.75, 3.05) is 18.9 Å². The van der Waals surface area contributed by atoms with Crippen LogP contribution in [0.2, 0.25) is 0 Å². The SMILES string of the molecule is Cc1ccc(C)c(NC(=O)CN(C)C(=O)c2cc3sc4ccccc4c3s2)c1. The second-order valence-corrected chi connectivity index (χ2v) is 9.07. The number of nitrogens with zero attached hydrogens (tertiary/aromatic N) is 1. The van der Waals surface area contributed by atoms with Gasteiger partial charge in [0.25, 0.3) is 5.91 Å². The molecule has 0 aliphatic carbocycles. The number of carbonyl (C=O) groups excluding carboxylic acids is 2. The lowest BCUT2D eigenvalue weighted by atomic mass is 10.1. The zero-order valence-corrected chi connectivity index (χ0v) is 17.5. The van der Waals surface area contributed by atoms with E-state index in [2.05, 4.69) is 17.4 Å². The monoisotopic (exact) mass is 408 g/mol. The van der Waals surface area contributed by atoms with E-state index in [0.29, 0.717) is 4.88 Å². The molecular formula is C22H20N2O2S2. The van der Waals surface area contributed by atoms with Gasteiger partial charge in [0.2, 0.25) is 5.91 Å². The van der Waals surface area contributed by atoms with Gasteiger partial charge < -0.3 is 10.2 Å². The fourth-order valence-corrected chi connectivity index (χ4v) is 5.66. The Hall–Kier alpha value is -2.70. The molecule has 142 valence electrons. The summed E-state index contributed by atoms with van der Waals surface area (Å²) >= 11 is 3.18. The van der Waals surface area contributed by atoms with Crippen LogP contribution in [0.3, 0.4) is 0 Å². The number of amides is 2. The number of thiophene rings is 2. The molecule has 4 nitrogen and oxygen atoms in total. The lowest BCUT2D eigenvalue weighted by Crippen LogP contribution is -2.34. The zero-order valence-electron chi connectivity index (χ0n) is 15.9. The fraction of sp³-hybridized carbons (Fsp3) is 0.182. The Morgan fingerprint density at radius 2 is 1.79 bits per heavy atom. The van der Waals surface area contributed by atoms with Crippen molar-refractivity contribution in [1.29, 1.82) is 0 Å². The molecule has 0 aliphatic heterocycles. The van der Waals surface area contributed by atoms with Gasteiger partial charge in [0.1, 0.15) is 0 Å². The Kier molecular flexibility index (Phi) is 4.91. The third-order valence-corrected chi connectivity index (χ3v) is 7.06. The molecule has 4 rings (SSSR count). The van der Waals surface area contributed by atoms with E-state index in [1.807, 2.05) is 50.2 Å². The number of hydrogen-bond donors (Lipinski definition) is 1. The molecule has 0 fully saturated rings. The topological polar surface area (TPSA) is 49.4 Å². The molecule has 2 amide bonds. The first-order valence-corrected chi connectivity index (χ1v) is 10.6. The molecule has 0 radical (unpaired) electrons. The van der Waals surface area contributed by atoms with Crippen LogP contribution in [0, 0.1) is 13.8 Å². The molecule has 0 saturated carbocycles. The number of likely N-dealkylation sites (N-methyl/N-ethyl adjacent to an activating group) is 1. The second-order valence-electron chi connectivity index (χ2n) is 6.93. The molecule has 28 heavy (non-hydrogen) atoms. The molecule has 0 saturated heterocycles. The van der Waals surface area contributed by atoms with Crippen LogP contribution in [0.1, 0.15) is 20.8 Å². The lowest BCUT2D eigenvalue weighted by Gasteiger charge is -2.16. The van der Waals surface area contributed by atoms with Gasteiger partial charge >= 0.3 is 0 Å². The van der Waals surface area contributed by atoms with Crippen LogP contribution >= 0.6 is 22.7 Å². The van der Waals surface area contributed by atoms with Gasteiger partial charge in [-0.3, -0.25) is 9.59 Å². The van der Waals surface area contributed by atoms with E-state index in [4.69, 9.17) is 0 Å². The summed E-state index contributed by atoms with van der Waals surface area (Å²) in [6, 6.07) is 16.1. The van der Waals surface area contributed by atoms with E-state index < -0.39 is 0 Å². The van der Waals surface area contributed by atoms with Crippen molar-refractivity contribution in [3.8, 4) is 0 Å². The number of hydrogen-bond acceptors (Lipinski definition) is 4. The van der Waals surface area contributed by atoms with E-state index in [1.165, 1.54) is 26.3 Å². The Bertz CT molecular complexity index is 1210. The summed E-state index contributed by atoms with van der Waals surface area (Å²) in [6.07, 6.45) is 0. The molecule has 2 aromatic carbocycles. The van der Waals surface area contributed by atoms with Crippen LogP contribution in [-0.4, -0.2) is 30.3 Å². The van der Waals surface area contributed by atoms with E-state index in [0.717, 1.165) is 26.2 Å². The van der Waals surface area contributed by atoms with Gasteiger partial charge in [-0.15, -0.1) is 22.7 Å². The van der Waals surface area contributed by atoms with Crippen LogP contribution in [-0.2, 0) is 4.79 Å². The molecule has 0 atom stereocenters. The predicted octanol–water partition coefficient (Wildman–Crippen LogP) is 5.44. The molecule has 2 heterocycles. The molecule has 0 spiro atoms. The largest absolute Gasteiger partial charge is 0.332 e. The number of carbonyl (C=O) groups is 2. The first-order valence-electron chi connectivity index (χ1n) is 8.96. The molecule has 0 unspecified atom stereocenters. The van der Waals surface area contributed by atoms with Crippen molar-refractivity contribution in [3.05, 3.63) is 64.5 Å². The third kappa shape index (κ3) is 3.53. The van der Waals surface area contributed by atoms with Crippen molar-refractivity contribution in [1.82, 2.24) is 4.90 Å². The second kappa shape index (κ2) is 7.37. The highest BCUT2D eigenvalue weighted by Crippen LogP contribution is 2.39. The van der Waals surface area contributed by atoms with Gasteiger partial charge in [-0.1, -0.05) is 30.3 Å². The number of rotatable bonds is 4. The maximum atomic E-state index is 12.8. The minimum absolute atomic E-state index is 0.0124. The number of anilines is 1. The number of fused-ring (bicyclic) bond motifs is 3. The highest BCUT2D eigenvalue weighted by molar-refractivity contribution is 7.33. The van der Waals surface area contributed by atoms with Crippen molar-refractivity contribution in [2.24, 2.45) is 0 Å². The number of benzene rings is 2. The maximum absolute atomic E-state index is 12.8. The van der Waals surface area contributed by atoms with Crippen LogP contribution in [0.25, 0.3) is 19.5 Å². The van der Waals surface area contributed by atoms with Crippen LogP contribution in [0.15, 0.2) is 48.5 Å². The number of aryl methyl sites for hydroxylation is 2. The van der Waals surface area contributed by atoms with Crippen molar-refractivity contribution >= 4 is 59.7 Å². The van der Waals surface area contributed by atoms with Crippen molar-refractivity contribution in [2.45, 2.75) is 13.8 Å². The van der Waals surface area contributed by atoms with Gasteiger partial charge in [0, 0.05) is 27.5 Å².